The fraction of sp³-hybridized carbons (Fsp3) is 0.833. The summed E-state index contributed by atoms with van der Waals surface area (Å²) in [6, 6.07) is -0.507. The number of nitrogens with one attached hydrogen (secondary N) is 1. The zero-order chi connectivity index (χ0) is 8.15. The summed E-state index contributed by atoms with van der Waals surface area (Å²) >= 11 is 0. The predicted octanol–water partition coefficient (Wildman–Crippen LogP) is -0.604. The van der Waals surface area contributed by atoms with Crippen LogP contribution in [0.15, 0.2) is 0 Å². The first-order chi connectivity index (χ1) is 4.54. The van der Waals surface area contributed by atoms with Crippen molar-refractivity contribution in [3.05, 3.63) is 0 Å². The minimum absolute atomic E-state index is 0.00167. The molecule has 0 saturated carbocycles. The van der Waals surface area contributed by atoms with Gasteiger partial charge in [-0.05, 0) is 13.8 Å². The molecule has 0 heterocycles. The van der Waals surface area contributed by atoms with Gasteiger partial charge in [-0.1, -0.05) is 0 Å². The van der Waals surface area contributed by atoms with Crippen LogP contribution in [-0.2, 0) is 4.79 Å². The number of hydrogen-bond acceptors (Lipinski definition) is 3. The molecule has 0 unspecified atom stereocenters. The lowest BCUT2D eigenvalue weighted by atomic mass is 10.3. The van der Waals surface area contributed by atoms with Gasteiger partial charge in [-0.25, -0.2) is 0 Å². The van der Waals surface area contributed by atoms with Gasteiger partial charge in [-0.3, -0.25) is 4.79 Å². The number of aliphatic carboxylic acids is 1. The Morgan fingerprint density at radius 2 is 2.20 bits per heavy atom. The number of nitrogens with two attached hydrogens (primary N) is 1. The monoisotopic (exact) mass is 146 g/mol. The van der Waals surface area contributed by atoms with Crippen molar-refractivity contribution < 1.29 is 9.90 Å². The smallest absolute Gasteiger partial charge is 0.320 e. The molecule has 0 bridgehead atoms. The fourth-order valence-electron chi connectivity index (χ4n) is 0.450. The summed E-state index contributed by atoms with van der Waals surface area (Å²) in [5.74, 6) is -0.847. The van der Waals surface area contributed by atoms with Crippen LogP contribution in [0.5, 0.6) is 0 Å². The maximum absolute atomic E-state index is 10.2. The molecular weight excluding hydrogens is 132 g/mol. The normalized spacial score (nSPS) is 16.3. The molecule has 0 amide bonds. The molecule has 0 aliphatic heterocycles. The molecule has 0 aromatic carbocycles. The van der Waals surface area contributed by atoms with Crippen molar-refractivity contribution in [1.29, 1.82) is 0 Å². The van der Waals surface area contributed by atoms with Crippen molar-refractivity contribution in [2.45, 2.75) is 25.9 Å². The topological polar surface area (TPSA) is 75.3 Å². The Labute approximate surface area is 60.4 Å². The molecular formula is C6H14N2O2. The van der Waals surface area contributed by atoms with E-state index >= 15 is 0 Å². The van der Waals surface area contributed by atoms with Crippen LogP contribution in [0.3, 0.4) is 0 Å². The van der Waals surface area contributed by atoms with E-state index in [1.165, 1.54) is 0 Å². The van der Waals surface area contributed by atoms with Gasteiger partial charge in [0.05, 0.1) is 0 Å². The third kappa shape index (κ3) is 4.29. The van der Waals surface area contributed by atoms with Gasteiger partial charge in [0.25, 0.3) is 0 Å². The molecule has 60 valence electrons. The molecule has 0 aliphatic carbocycles. The van der Waals surface area contributed by atoms with Crippen LogP contribution in [0.1, 0.15) is 13.8 Å². The average molecular weight is 146 g/mol. The van der Waals surface area contributed by atoms with Crippen LogP contribution in [-0.4, -0.2) is 29.7 Å². The van der Waals surface area contributed by atoms with Crippen LogP contribution < -0.4 is 11.1 Å². The van der Waals surface area contributed by atoms with Gasteiger partial charge in [0.1, 0.15) is 6.04 Å². The molecule has 4 heteroatoms. The second kappa shape index (κ2) is 4.24. The number of carboxylic acids is 1. The Bertz CT molecular complexity index is 114. The number of carboxylic acid groups (broad SMARTS) is 1. The third-order valence-corrected chi connectivity index (χ3v) is 1.12. The van der Waals surface area contributed by atoms with E-state index < -0.39 is 12.0 Å². The summed E-state index contributed by atoms with van der Waals surface area (Å²) in [7, 11) is 0. The van der Waals surface area contributed by atoms with Gasteiger partial charge in [-0.15, -0.1) is 0 Å². The lowest BCUT2D eigenvalue weighted by Crippen LogP contribution is -2.40. The molecule has 0 aromatic rings. The van der Waals surface area contributed by atoms with Gasteiger partial charge in [0.15, 0.2) is 0 Å². The quantitative estimate of drug-likeness (QED) is 0.495. The van der Waals surface area contributed by atoms with E-state index in [9.17, 15) is 4.79 Å². The second-order valence-corrected chi connectivity index (χ2v) is 2.45. The fourth-order valence-corrected chi connectivity index (χ4v) is 0.450. The zero-order valence-corrected chi connectivity index (χ0v) is 6.29. The summed E-state index contributed by atoms with van der Waals surface area (Å²) in [5.41, 5.74) is 5.39. The molecule has 2 atom stereocenters. The van der Waals surface area contributed by atoms with Crippen molar-refractivity contribution in [3.63, 3.8) is 0 Å². The molecule has 4 nitrogen and oxygen atoms in total. The molecule has 0 aromatic heterocycles. The highest BCUT2D eigenvalue weighted by molar-refractivity contribution is 5.72. The first kappa shape index (κ1) is 9.39. The summed E-state index contributed by atoms with van der Waals surface area (Å²) in [5, 5.41) is 11.1. The van der Waals surface area contributed by atoms with E-state index in [2.05, 4.69) is 5.32 Å². The first-order valence-corrected chi connectivity index (χ1v) is 3.25. The van der Waals surface area contributed by atoms with E-state index in [0.29, 0.717) is 6.54 Å². The largest absolute Gasteiger partial charge is 0.480 e. The Kier molecular flexibility index (Phi) is 3.99. The molecule has 0 fully saturated rings. The third-order valence-electron chi connectivity index (χ3n) is 1.12. The Hall–Kier alpha value is -0.610. The van der Waals surface area contributed by atoms with E-state index in [1.54, 1.807) is 6.92 Å². The maximum atomic E-state index is 10.2. The van der Waals surface area contributed by atoms with Crippen molar-refractivity contribution in [1.82, 2.24) is 5.32 Å². The molecule has 0 radical (unpaired) electrons. The summed E-state index contributed by atoms with van der Waals surface area (Å²) in [6.45, 7) is 3.94. The van der Waals surface area contributed by atoms with E-state index in [-0.39, 0.29) is 6.04 Å². The minimum atomic E-state index is -0.847. The van der Waals surface area contributed by atoms with Crippen LogP contribution >= 0.6 is 0 Å². The number of hydrogen-bond donors (Lipinski definition) is 3. The van der Waals surface area contributed by atoms with Crippen molar-refractivity contribution in [3.8, 4) is 0 Å². The Balaban J connectivity index is 3.40. The summed E-state index contributed by atoms with van der Waals surface area (Å²) in [4.78, 5) is 10.2. The predicted molar refractivity (Wildman–Crippen MR) is 38.7 cm³/mol. The van der Waals surface area contributed by atoms with Crippen molar-refractivity contribution in [2.75, 3.05) is 6.54 Å². The van der Waals surface area contributed by atoms with Gasteiger partial charge < -0.3 is 16.2 Å². The average Bonchev–Trinajstić information content (AvgIpc) is 1.82. The van der Waals surface area contributed by atoms with Crippen LogP contribution in [0, 0.1) is 0 Å². The van der Waals surface area contributed by atoms with Crippen LogP contribution in [0.2, 0.25) is 0 Å². The Morgan fingerprint density at radius 1 is 1.70 bits per heavy atom. The first-order valence-electron chi connectivity index (χ1n) is 3.25. The van der Waals surface area contributed by atoms with E-state index in [1.807, 2.05) is 6.92 Å². The van der Waals surface area contributed by atoms with Crippen molar-refractivity contribution in [2.24, 2.45) is 5.73 Å². The van der Waals surface area contributed by atoms with Gasteiger partial charge in [0, 0.05) is 12.6 Å². The zero-order valence-electron chi connectivity index (χ0n) is 6.29. The van der Waals surface area contributed by atoms with Crippen LogP contribution in [0.25, 0.3) is 0 Å². The van der Waals surface area contributed by atoms with Crippen molar-refractivity contribution >= 4 is 5.97 Å². The SMILES string of the molecule is C[C@@H](N)CN[C@H](C)C(=O)O. The molecule has 4 N–H and O–H groups in total. The standard InChI is InChI=1S/C6H14N2O2/c1-4(7)3-8-5(2)6(9)10/h4-5,8H,3,7H2,1-2H3,(H,9,10)/t4-,5-/m1/s1. The lowest BCUT2D eigenvalue weighted by Gasteiger charge is -2.10. The molecule has 0 saturated heterocycles. The van der Waals surface area contributed by atoms with E-state index in [4.69, 9.17) is 10.8 Å². The van der Waals surface area contributed by atoms with Gasteiger partial charge >= 0.3 is 5.97 Å². The highest BCUT2D eigenvalue weighted by Gasteiger charge is 2.08. The molecule has 0 spiro atoms. The molecule has 0 aliphatic rings. The second-order valence-electron chi connectivity index (χ2n) is 2.45. The maximum Gasteiger partial charge on any atom is 0.320 e. The van der Waals surface area contributed by atoms with Crippen LogP contribution in [0.4, 0.5) is 0 Å². The van der Waals surface area contributed by atoms with Gasteiger partial charge in [-0.2, -0.15) is 0 Å². The number of carbonyl (C=O) groups is 1. The Morgan fingerprint density at radius 3 is 2.50 bits per heavy atom. The minimum Gasteiger partial charge on any atom is -0.480 e. The highest BCUT2D eigenvalue weighted by atomic mass is 16.4. The molecule has 10 heavy (non-hydrogen) atoms. The molecule has 0 rings (SSSR count). The lowest BCUT2D eigenvalue weighted by molar-refractivity contribution is -0.138. The number of rotatable bonds is 4. The van der Waals surface area contributed by atoms with E-state index in [0.717, 1.165) is 0 Å². The van der Waals surface area contributed by atoms with Gasteiger partial charge in [0.2, 0.25) is 0 Å². The highest BCUT2D eigenvalue weighted by Crippen LogP contribution is 1.80. The summed E-state index contributed by atoms with van der Waals surface area (Å²) < 4.78 is 0. The summed E-state index contributed by atoms with van der Waals surface area (Å²) in [6.07, 6.45) is 0.